The van der Waals surface area contributed by atoms with Crippen LogP contribution in [0.2, 0.25) is 0 Å². The first kappa shape index (κ1) is 10.9. The molecule has 0 spiro atoms. The lowest BCUT2D eigenvalue weighted by molar-refractivity contribution is 0.0743. The molecule has 1 heterocycles. The van der Waals surface area contributed by atoms with E-state index in [2.05, 4.69) is 4.98 Å². The van der Waals surface area contributed by atoms with Gasteiger partial charge in [0.25, 0.3) is 5.91 Å². The van der Waals surface area contributed by atoms with Crippen LogP contribution in [0.3, 0.4) is 0 Å². The van der Waals surface area contributed by atoms with E-state index in [1.807, 2.05) is 6.92 Å². The first-order valence-electron chi connectivity index (χ1n) is 4.24. The molecule has 0 saturated heterocycles. The number of aromatic nitrogens is 1. The largest absolute Gasteiger partial charge is 0.375 e. The average Bonchev–Trinajstić information content (AvgIpc) is 2.61. The highest BCUT2D eigenvalue weighted by molar-refractivity contribution is 7.13. The standard InChI is InChI=1S/C8H14N4OS/c1-5(3-9)12(2)7(13)6-4-14-8(10)11-6/h4-5H,3,9H2,1-2H3,(H2,10,11). The molecule has 1 aromatic heterocycles. The summed E-state index contributed by atoms with van der Waals surface area (Å²) in [7, 11) is 1.70. The maximum Gasteiger partial charge on any atom is 0.273 e. The van der Waals surface area contributed by atoms with Gasteiger partial charge in [0.1, 0.15) is 5.69 Å². The molecule has 1 unspecified atom stereocenters. The van der Waals surface area contributed by atoms with E-state index in [1.165, 1.54) is 11.3 Å². The molecule has 0 bridgehead atoms. The maximum absolute atomic E-state index is 11.7. The van der Waals surface area contributed by atoms with Crippen molar-refractivity contribution in [2.24, 2.45) is 5.73 Å². The van der Waals surface area contributed by atoms with Crippen LogP contribution in [0.1, 0.15) is 17.4 Å². The van der Waals surface area contributed by atoms with Gasteiger partial charge in [0, 0.05) is 25.0 Å². The quantitative estimate of drug-likeness (QED) is 0.749. The average molecular weight is 214 g/mol. The number of likely N-dealkylation sites (N-methyl/N-ethyl adjacent to an activating group) is 1. The van der Waals surface area contributed by atoms with Gasteiger partial charge in [-0.15, -0.1) is 11.3 Å². The van der Waals surface area contributed by atoms with E-state index in [1.54, 1.807) is 17.3 Å². The molecule has 0 aliphatic carbocycles. The molecule has 1 aromatic rings. The number of nitrogen functional groups attached to an aromatic ring is 1. The zero-order valence-corrected chi connectivity index (χ0v) is 9.04. The Balaban J connectivity index is 2.75. The van der Waals surface area contributed by atoms with Crippen molar-refractivity contribution in [3.63, 3.8) is 0 Å². The van der Waals surface area contributed by atoms with Crippen LogP contribution < -0.4 is 11.5 Å². The molecule has 0 fully saturated rings. The Morgan fingerprint density at radius 3 is 2.86 bits per heavy atom. The van der Waals surface area contributed by atoms with Crippen molar-refractivity contribution in [2.75, 3.05) is 19.3 Å². The van der Waals surface area contributed by atoms with Crippen molar-refractivity contribution in [1.29, 1.82) is 0 Å². The molecule has 0 aromatic carbocycles. The number of rotatable bonds is 3. The lowest BCUT2D eigenvalue weighted by Crippen LogP contribution is -2.39. The first-order chi connectivity index (χ1) is 6.56. The summed E-state index contributed by atoms with van der Waals surface area (Å²) in [5.74, 6) is -0.143. The van der Waals surface area contributed by atoms with Crippen molar-refractivity contribution in [3.05, 3.63) is 11.1 Å². The topological polar surface area (TPSA) is 85.2 Å². The highest BCUT2D eigenvalue weighted by atomic mass is 32.1. The van der Waals surface area contributed by atoms with Crippen LogP contribution in [-0.4, -0.2) is 35.4 Å². The molecule has 5 nitrogen and oxygen atoms in total. The van der Waals surface area contributed by atoms with E-state index in [0.717, 1.165) is 0 Å². The third kappa shape index (κ3) is 2.21. The molecule has 1 rings (SSSR count). The maximum atomic E-state index is 11.7. The van der Waals surface area contributed by atoms with Gasteiger partial charge >= 0.3 is 0 Å². The monoisotopic (exact) mass is 214 g/mol. The Hall–Kier alpha value is -1.14. The minimum Gasteiger partial charge on any atom is -0.375 e. The highest BCUT2D eigenvalue weighted by Gasteiger charge is 2.18. The lowest BCUT2D eigenvalue weighted by atomic mass is 10.3. The third-order valence-electron chi connectivity index (χ3n) is 2.06. The van der Waals surface area contributed by atoms with Crippen LogP contribution in [0.25, 0.3) is 0 Å². The number of hydrogen-bond acceptors (Lipinski definition) is 5. The Kier molecular flexibility index (Phi) is 3.43. The fourth-order valence-electron chi connectivity index (χ4n) is 0.925. The Morgan fingerprint density at radius 1 is 1.79 bits per heavy atom. The molecule has 6 heteroatoms. The second-order valence-corrected chi connectivity index (χ2v) is 3.96. The fourth-order valence-corrected chi connectivity index (χ4v) is 1.46. The molecule has 1 atom stereocenters. The van der Waals surface area contributed by atoms with E-state index in [9.17, 15) is 4.79 Å². The van der Waals surface area contributed by atoms with Crippen LogP contribution >= 0.6 is 11.3 Å². The third-order valence-corrected chi connectivity index (χ3v) is 2.74. The lowest BCUT2D eigenvalue weighted by Gasteiger charge is -2.22. The van der Waals surface area contributed by atoms with Gasteiger partial charge < -0.3 is 16.4 Å². The Morgan fingerprint density at radius 2 is 2.43 bits per heavy atom. The second-order valence-electron chi connectivity index (χ2n) is 3.07. The molecule has 0 aliphatic heterocycles. The van der Waals surface area contributed by atoms with Crippen molar-refractivity contribution in [3.8, 4) is 0 Å². The summed E-state index contributed by atoms with van der Waals surface area (Å²) in [5, 5.41) is 2.05. The minimum atomic E-state index is -0.143. The van der Waals surface area contributed by atoms with Crippen molar-refractivity contribution < 1.29 is 4.79 Å². The summed E-state index contributed by atoms with van der Waals surface area (Å²) in [5.41, 5.74) is 11.3. The number of carbonyl (C=O) groups is 1. The van der Waals surface area contributed by atoms with Crippen LogP contribution in [0.15, 0.2) is 5.38 Å². The molecule has 1 amide bonds. The van der Waals surface area contributed by atoms with E-state index in [0.29, 0.717) is 17.4 Å². The zero-order chi connectivity index (χ0) is 10.7. The molecule has 0 saturated carbocycles. The molecule has 14 heavy (non-hydrogen) atoms. The SMILES string of the molecule is CC(CN)N(C)C(=O)c1csc(N)n1. The number of thiazole rings is 1. The predicted octanol–water partition coefficient (Wildman–Crippen LogP) is 0.145. The molecule has 78 valence electrons. The van der Waals surface area contributed by atoms with Gasteiger partial charge in [-0.1, -0.05) is 0 Å². The molecule has 0 aliphatic rings. The predicted molar refractivity (Wildman–Crippen MR) is 57.1 cm³/mol. The summed E-state index contributed by atoms with van der Waals surface area (Å²) in [6.45, 7) is 2.31. The van der Waals surface area contributed by atoms with Gasteiger partial charge in [0.05, 0.1) is 0 Å². The molecule has 4 N–H and O–H groups in total. The number of carbonyl (C=O) groups excluding carboxylic acids is 1. The number of anilines is 1. The van der Waals surface area contributed by atoms with E-state index >= 15 is 0 Å². The first-order valence-corrected chi connectivity index (χ1v) is 5.12. The number of hydrogen-bond donors (Lipinski definition) is 2. The molecule has 0 radical (unpaired) electrons. The van der Waals surface area contributed by atoms with Gasteiger partial charge in [0.15, 0.2) is 5.13 Å². The molecular weight excluding hydrogens is 200 g/mol. The number of nitrogens with two attached hydrogens (primary N) is 2. The van der Waals surface area contributed by atoms with Crippen LogP contribution in [0.5, 0.6) is 0 Å². The van der Waals surface area contributed by atoms with Crippen molar-refractivity contribution in [1.82, 2.24) is 9.88 Å². The Bertz CT molecular complexity index is 325. The van der Waals surface area contributed by atoms with Crippen molar-refractivity contribution >= 4 is 22.4 Å². The summed E-state index contributed by atoms with van der Waals surface area (Å²) >= 11 is 1.26. The summed E-state index contributed by atoms with van der Waals surface area (Å²) in [6, 6.07) is 0.00502. The van der Waals surface area contributed by atoms with Gasteiger partial charge in [-0.2, -0.15) is 0 Å². The smallest absolute Gasteiger partial charge is 0.273 e. The zero-order valence-electron chi connectivity index (χ0n) is 8.23. The van der Waals surface area contributed by atoms with Gasteiger partial charge in [-0.3, -0.25) is 4.79 Å². The van der Waals surface area contributed by atoms with E-state index in [-0.39, 0.29) is 11.9 Å². The van der Waals surface area contributed by atoms with Crippen LogP contribution in [0, 0.1) is 0 Å². The fraction of sp³-hybridized carbons (Fsp3) is 0.500. The van der Waals surface area contributed by atoms with E-state index < -0.39 is 0 Å². The Labute approximate surface area is 86.7 Å². The van der Waals surface area contributed by atoms with Gasteiger partial charge in [-0.25, -0.2) is 4.98 Å². The van der Waals surface area contributed by atoms with Gasteiger partial charge in [0.2, 0.25) is 0 Å². The summed E-state index contributed by atoms with van der Waals surface area (Å²) < 4.78 is 0. The molecular formula is C8H14N4OS. The second kappa shape index (κ2) is 4.39. The summed E-state index contributed by atoms with van der Waals surface area (Å²) in [6.07, 6.45) is 0. The minimum absolute atomic E-state index is 0.00502. The highest BCUT2D eigenvalue weighted by Crippen LogP contribution is 2.13. The van der Waals surface area contributed by atoms with Crippen LogP contribution in [0.4, 0.5) is 5.13 Å². The van der Waals surface area contributed by atoms with Crippen molar-refractivity contribution in [2.45, 2.75) is 13.0 Å². The van der Waals surface area contributed by atoms with Crippen LogP contribution in [-0.2, 0) is 0 Å². The van der Waals surface area contributed by atoms with Gasteiger partial charge in [-0.05, 0) is 6.92 Å². The number of amides is 1. The summed E-state index contributed by atoms with van der Waals surface area (Å²) in [4.78, 5) is 17.2. The number of nitrogens with zero attached hydrogens (tertiary/aromatic N) is 2. The normalized spacial score (nSPS) is 12.5. The van der Waals surface area contributed by atoms with E-state index in [4.69, 9.17) is 11.5 Å².